The summed E-state index contributed by atoms with van der Waals surface area (Å²) in [5.41, 5.74) is 1.80. The number of hydrogen-bond donors (Lipinski definition) is 2. The lowest BCUT2D eigenvalue weighted by atomic mass is 9.74. The molecule has 1 aliphatic carbocycles. The smallest absolute Gasteiger partial charge is 0.253 e. The molecule has 0 aromatic carbocycles. The number of rotatable bonds is 4. The molecule has 0 aliphatic heterocycles. The minimum atomic E-state index is -0.142. The Hall–Kier alpha value is -1.49. The van der Waals surface area contributed by atoms with Gasteiger partial charge in [-0.15, -0.1) is 0 Å². The van der Waals surface area contributed by atoms with Crippen LogP contribution in [0.1, 0.15) is 53.8 Å². The fraction of sp³-hybridized carbons (Fsp3) is 0.667. The zero-order valence-electron chi connectivity index (χ0n) is 12.3. The highest BCUT2D eigenvalue weighted by atomic mass is 16.3. The van der Waals surface area contributed by atoms with Gasteiger partial charge in [-0.2, -0.15) is 10.2 Å². The third-order valence-corrected chi connectivity index (χ3v) is 4.22. The quantitative estimate of drug-likeness (QED) is 0.879. The van der Waals surface area contributed by atoms with Crippen molar-refractivity contribution in [3.63, 3.8) is 0 Å². The second kappa shape index (κ2) is 6.31. The van der Waals surface area contributed by atoms with Gasteiger partial charge in [0.15, 0.2) is 0 Å². The molecule has 0 radical (unpaired) electrons. The van der Waals surface area contributed by atoms with Gasteiger partial charge in [-0.05, 0) is 32.8 Å². The van der Waals surface area contributed by atoms with Crippen molar-refractivity contribution in [1.29, 1.82) is 0 Å². The third kappa shape index (κ3) is 3.33. The molecule has 1 aliphatic rings. The molecular weight excluding hydrogens is 254 g/mol. The van der Waals surface area contributed by atoms with Crippen LogP contribution in [-0.2, 0) is 0 Å². The maximum absolute atomic E-state index is 12.3. The summed E-state index contributed by atoms with van der Waals surface area (Å²) in [7, 11) is 0. The summed E-state index contributed by atoms with van der Waals surface area (Å²) in [5.74, 6) is -0.126. The van der Waals surface area contributed by atoms with Crippen molar-refractivity contribution in [1.82, 2.24) is 15.5 Å². The van der Waals surface area contributed by atoms with Crippen LogP contribution in [0, 0.1) is 19.3 Å². The van der Waals surface area contributed by atoms with E-state index in [0.29, 0.717) is 17.8 Å². The molecule has 0 bridgehead atoms. The van der Waals surface area contributed by atoms with Crippen molar-refractivity contribution in [2.45, 2.75) is 46.0 Å². The lowest BCUT2D eigenvalue weighted by Crippen LogP contribution is -2.41. The van der Waals surface area contributed by atoms with Gasteiger partial charge < -0.3 is 10.4 Å². The van der Waals surface area contributed by atoms with E-state index in [2.05, 4.69) is 15.5 Å². The number of nitrogens with zero attached hydrogens (tertiary/aromatic N) is 2. The SMILES string of the molecule is Cc1cc(C(=O)NCC2(CO)CCCCC2)c(C)nn1. The fourth-order valence-corrected chi connectivity index (χ4v) is 2.84. The van der Waals surface area contributed by atoms with Crippen LogP contribution < -0.4 is 5.32 Å². The Balaban J connectivity index is 2.02. The summed E-state index contributed by atoms with van der Waals surface area (Å²) in [6.07, 6.45) is 5.45. The summed E-state index contributed by atoms with van der Waals surface area (Å²) >= 11 is 0. The molecule has 110 valence electrons. The Bertz CT molecular complexity index is 482. The van der Waals surface area contributed by atoms with Gasteiger partial charge in [0.25, 0.3) is 5.91 Å². The molecule has 1 aromatic heterocycles. The number of aliphatic hydroxyl groups excluding tert-OH is 1. The van der Waals surface area contributed by atoms with E-state index in [1.165, 1.54) is 6.42 Å². The largest absolute Gasteiger partial charge is 0.396 e. The van der Waals surface area contributed by atoms with Crippen molar-refractivity contribution in [2.24, 2.45) is 5.41 Å². The minimum Gasteiger partial charge on any atom is -0.396 e. The molecule has 0 spiro atoms. The predicted molar refractivity (Wildman–Crippen MR) is 76.4 cm³/mol. The zero-order chi connectivity index (χ0) is 14.6. The van der Waals surface area contributed by atoms with Gasteiger partial charge >= 0.3 is 0 Å². The molecule has 1 heterocycles. The van der Waals surface area contributed by atoms with Crippen molar-refractivity contribution in [3.05, 3.63) is 23.0 Å². The average molecular weight is 277 g/mol. The van der Waals surface area contributed by atoms with Gasteiger partial charge in [0.2, 0.25) is 0 Å². The summed E-state index contributed by atoms with van der Waals surface area (Å²) in [4.78, 5) is 12.3. The van der Waals surface area contributed by atoms with Crippen LogP contribution in [0.3, 0.4) is 0 Å². The second-order valence-electron chi connectivity index (χ2n) is 5.89. The molecule has 1 amide bonds. The standard InChI is InChI=1S/C15H23N3O2/c1-11-8-13(12(2)18-17-11)14(20)16-9-15(10-19)6-4-3-5-7-15/h8,19H,3-7,9-10H2,1-2H3,(H,16,20). The third-order valence-electron chi connectivity index (χ3n) is 4.22. The van der Waals surface area contributed by atoms with Crippen LogP contribution in [-0.4, -0.2) is 34.4 Å². The van der Waals surface area contributed by atoms with Crippen molar-refractivity contribution < 1.29 is 9.90 Å². The molecule has 0 atom stereocenters. The zero-order valence-corrected chi connectivity index (χ0v) is 12.3. The van der Waals surface area contributed by atoms with Crippen LogP contribution in [0.25, 0.3) is 0 Å². The topological polar surface area (TPSA) is 75.1 Å². The first kappa shape index (κ1) is 14.9. The molecule has 1 fully saturated rings. The molecule has 5 nitrogen and oxygen atoms in total. The molecule has 1 aromatic rings. The number of aliphatic hydroxyl groups is 1. The highest BCUT2D eigenvalue weighted by Gasteiger charge is 2.31. The first-order chi connectivity index (χ1) is 9.56. The van der Waals surface area contributed by atoms with E-state index >= 15 is 0 Å². The maximum Gasteiger partial charge on any atom is 0.253 e. The summed E-state index contributed by atoms with van der Waals surface area (Å²) in [6.45, 7) is 4.27. The molecule has 2 rings (SSSR count). The first-order valence-corrected chi connectivity index (χ1v) is 7.26. The number of hydrogen-bond acceptors (Lipinski definition) is 4. The van der Waals surface area contributed by atoms with Gasteiger partial charge in [0, 0.05) is 12.0 Å². The Morgan fingerprint density at radius 3 is 2.65 bits per heavy atom. The number of aromatic nitrogens is 2. The summed E-state index contributed by atoms with van der Waals surface area (Å²) < 4.78 is 0. The molecule has 20 heavy (non-hydrogen) atoms. The van der Waals surface area contributed by atoms with Gasteiger partial charge in [-0.1, -0.05) is 19.3 Å². The van der Waals surface area contributed by atoms with Crippen molar-refractivity contribution >= 4 is 5.91 Å². The molecule has 1 saturated carbocycles. The van der Waals surface area contributed by atoms with E-state index in [9.17, 15) is 9.90 Å². The Morgan fingerprint density at radius 1 is 1.30 bits per heavy atom. The summed E-state index contributed by atoms with van der Waals surface area (Å²) in [6, 6.07) is 1.75. The van der Waals surface area contributed by atoms with Gasteiger partial charge in [0.1, 0.15) is 0 Å². The van der Waals surface area contributed by atoms with Crippen LogP contribution in [0.5, 0.6) is 0 Å². The van der Waals surface area contributed by atoms with Crippen LogP contribution in [0.2, 0.25) is 0 Å². The summed E-state index contributed by atoms with van der Waals surface area (Å²) in [5, 5.41) is 20.5. The Morgan fingerprint density at radius 2 is 2.00 bits per heavy atom. The number of amides is 1. The maximum atomic E-state index is 12.3. The number of carbonyl (C=O) groups excluding carboxylic acids is 1. The molecule has 2 N–H and O–H groups in total. The Labute approximate surface area is 119 Å². The van der Waals surface area contributed by atoms with Gasteiger partial charge in [-0.3, -0.25) is 4.79 Å². The number of aryl methyl sites for hydroxylation is 2. The lowest BCUT2D eigenvalue weighted by Gasteiger charge is -2.35. The van der Waals surface area contributed by atoms with Crippen molar-refractivity contribution in [3.8, 4) is 0 Å². The molecule has 0 unspecified atom stereocenters. The highest BCUT2D eigenvalue weighted by molar-refractivity contribution is 5.95. The van der Waals surface area contributed by atoms with E-state index < -0.39 is 0 Å². The Kier molecular flexibility index (Phi) is 4.70. The monoisotopic (exact) mass is 277 g/mol. The van der Waals surface area contributed by atoms with E-state index in [1.54, 1.807) is 13.0 Å². The number of carbonyl (C=O) groups is 1. The average Bonchev–Trinajstić information content (AvgIpc) is 2.48. The second-order valence-corrected chi connectivity index (χ2v) is 5.89. The molecule has 5 heteroatoms. The van der Waals surface area contributed by atoms with E-state index in [-0.39, 0.29) is 17.9 Å². The minimum absolute atomic E-state index is 0.126. The van der Waals surface area contributed by atoms with Gasteiger partial charge in [0.05, 0.1) is 23.6 Å². The van der Waals surface area contributed by atoms with Crippen molar-refractivity contribution in [2.75, 3.05) is 13.2 Å². The predicted octanol–water partition coefficient (Wildman–Crippen LogP) is 1.77. The van der Waals surface area contributed by atoms with Gasteiger partial charge in [-0.25, -0.2) is 0 Å². The van der Waals surface area contributed by atoms with Crippen LogP contribution in [0.4, 0.5) is 0 Å². The van der Waals surface area contributed by atoms with Crippen LogP contribution >= 0.6 is 0 Å². The molecule has 0 saturated heterocycles. The highest BCUT2D eigenvalue weighted by Crippen LogP contribution is 2.35. The van der Waals surface area contributed by atoms with E-state index in [4.69, 9.17) is 0 Å². The molecular formula is C15H23N3O2. The first-order valence-electron chi connectivity index (χ1n) is 7.26. The van der Waals surface area contributed by atoms with E-state index in [1.807, 2.05) is 6.92 Å². The lowest BCUT2D eigenvalue weighted by molar-refractivity contribution is 0.0717. The normalized spacial score (nSPS) is 17.8. The van der Waals surface area contributed by atoms with Crippen LogP contribution in [0.15, 0.2) is 6.07 Å². The number of nitrogens with one attached hydrogen (secondary N) is 1. The van der Waals surface area contributed by atoms with E-state index in [0.717, 1.165) is 31.4 Å². The fourth-order valence-electron chi connectivity index (χ4n) is 2.84.